The maximum atomic E-state index is 12.7. The van der Waals surface area contributed by atoms with Gasteiger partial charge in [0, 0.05) is 6.54 Å². The number of anilines is 1. The van der Waals surface area contributed by atoms with Gasteiger partial charge in [0.25, 0.3) is 0 Å². The van der Waals surface area contributed by atoms with Crippen molar-refractivity contribution >= 4 is 11.8 Å². The molecule has 0 saturated heterocycles. The Labute approximate surface area is 86.5 Å². The van der Waals surface area contributed by atoms with Crippen molar-refractivity contribution in [3.8, 4) is 0 Å². The standard InChI is InChI=1S/C10H11FN2O2/c1-6(2)4-12-9-8(10(14)15)3-7(11)5-13-9/h3,5H,1,4H2,2H3,(H,12,13)(H,14,15). The molecule has 1 aromatic rings. The van der Waals surface area contributed by atoms with Gasteiger partial charge in [-0.15, -0.1) is 0 Å². The molecule has 1 rings (SSSR count). The number of halogens is 1. The quantitative estimate of drug-likeness (QED) is 0.745. The maximum absolute atomic E-state index is 12.7. The number of carboxylic acid groups (broad SMARTS) is 1. The van der Waals surface area contributed by atoms with Crippen LogP contribution >= 0.6 is 0 Å². The fourth-order valence-electron chi connectivity index (χ4n) is 0.978. The van der Waals surface area contributed by atoms with Crippen LogP contribution in [-0.4, -0.2) is 22.6 Å². The topological polar surface area (TPSA) is 62.2 Å². The smallest absolute Gasteiger partial charge is 0.339 e. The van der Waals surface area contributed by atoms with Gasteiger partial charge in [-0.1, -0.05) is 12.2 Å². The van der Waals surface area contributed by atoms with Crippen LogP contribution in [0.2, 0.25) is 0 Å². The lowest BCUT2D eigenvalue weighted by Gasteiger charge is -2.07. The summed E-state index contributed by atoms with van der Waals surface area (Å²) in [6, 6.07) is 0.927. The lowest BCUT2D eigenvalue weighted by molar-refractivity contribution is 0.0697. The van der Waals surface area contributed by atoms with E-state index >= 15 is 0 Å². The fraction of sp³-hybridized carbons (Fsp3) is 0.200. The largest absolute Gasteiger partial charge is 0.478 e. The molecule has 0 atom stereocenters. The number of carboxylic acids is 1. The highest BCUT2D eigenvalue weighted by Crippen LogP contribution is 2.13. The van der Waals surface area contributed by atoms with Crippen LogP contribution in [0.4, 0.5) is 10.2 Å². The Morgan fingerprint density at radius 1 is 1.73 bits per heavy atom. The van der Waals surface area contributed by atoms with Gasteiger partial charge in [0.1, 0.15) is 17.2 Å². The summed E-state index contributed by atoms with van der Waals surface area (Å²) in [6.07, 6.45) is 0.965. The number of carbonyl (C=O) groups is 1. The van der Waals surface area contributed by atoms with Crippen molar-refractivity contribution in [1.29, 1.82) is 0 Å². The van der Waals surface area contributed by atoms with Crippen molar-refractivity contribution in [3.05, 3.63) is 35.8 Å². The number of rotatable bonds is 4. The van der Waals surface area contributed by atoms with Crippen molar-refractivity contribution in [3.63, 3.8) is 0 Å². The Kier molecular flexibility index (Phi) is 3.38. The van der Waals surface area contributed by atoms with Gasteiger partial charge in [-0.05, 0) is 13.0 Å². The Balaban J connectivity index is 2.95. The van der Waals surface area contributed by atoms with Crippen LogP contribution in [0.3, 0.4) is 0 Å². The molecule has 5 heteroatoms. The first-order valence-corrected chi connectivity index (χ1v) is 4.28. The van der Waals surface area contributed by atoms with Crippen molar-refractivity contribution < 1.29 is 14.3 Å². The Morgan fingerprint density at radius 3 is 2.93 bits per heavy atom. The summed E-state index contributed by atoms with van der Waals surface area (Å²) < 4.78 is 12.7. The molecule has 1 aromatic heterocycles. The van der Waals surface area contributed by atoms with Gasteiger partial charge in [0.2, 0.25) is 0 Å². The second-order valence-corrected chi connectivity index (χ2v) is 3.17. The molecule has 0 spiro atoms. The van der Waals surface area contributed by atoms with E-state index in [1.807, 2.05) is 0 Å². The summed E-state index contributed by atoms with van der Waals surface area (Å²) in [4.78, 5) is 14.4. The number of aromatic nitrogens is 1. The Bertz CT molecular complexity index is 404. The average Bonchev–Trinajstić information content (AvgIpc) is 2.15. The number of hydrogen-bond donors (Lipinski definition) is 2. The molecule has 80 valence electrons. The van der Waals surface area contributed by atoms with E-state index < -0.39 is 11.8 Å². The van der Waals surface area contributed by atoms with Crippen LogP contribution in [0, 0.1) is 5.82 Å². The summed E-state index contributed by atoms with van der Waals surface area (Å²) in [5.74, 6) is -1.74. The molecule has 0 aliphatic rings. The molecule has 0 fully saturated rings. The molecule has 0 amide bonds. The minimum atomic E-state index is -1.22. The maximum Gasteiger partial charge on any atom is 0.339 e. The predicted octanol–water partition coefficient (Wildman–Crippen LogP) is 1.91. The fourth-order valence-corrected chi connectivity index (χ4v) is 0.978. The van der Waals surface area contributed by atoms with Gasteiger partial charge >= 0.3 is 5.97 Å². The van der Waals surface area contributed by atoms with Crippen LogP contribution in [0.15, 0.2) is 24.4 Å². The molecule has 4 nitrogen and oxygen atoms in total. The number of pyridine rings is 1. The van der Waals surface area contributed by atoms with Crippen LogP contribution in [0.25, 0.3) is 0 Å². The predicted molar refractivity (Wildman–Crippen MR) is 54.5 cm³/mol. The molecular formula is C10H11FN2O2. The molecule has 15 heavy (non-hydrogen) atoms. The lowest BCUT2D eigenvalue weighted by Crippen LogP contribution is -2.10. The zero-order valence-electron chi connectivity index (χ0n) is 8.25. The zero-order chi connectivity index (χ0) is 11.4. The van der Waals surface area contributed by atoms with Crippen LogP contribution in [-0.2, 0) is 0 Å². The number of aromatic carboxylic acids is 1. The van der Waals surface area contributed by atoms with Gasteiger partial charge < -0.3 is 10.4 Å². The average molecular weight is 210 g/mol. The van der Waals surface area contributed by atoms with Crippen LogP contribution < -0.4 is 5.32 Å². The lowest BCUT2D eigenvalue weighted by atomic mass is 10.2. The molecule has 0 aliphatic carbocycles. The minimum absolute atomic E-state index is 0.145. The Hall–Kier alpha value is -1.91. The third-order valence-electron chi connectivity index (χ3n) is 1.64. The summed E-state index contributed by atoms with van der Waals surface area (Å²) in [5, 5.41) is 11.5. The van der Waals surface area contributed by atoms with Gasteiger partial charge in [-0.2, -0.15) is 0 Å². The van der Waals surface area contributed by atoms with Gasteiger partial charge in [-0.25, -0.2) is 14.2 Å². The monoisotopic (exact) mass is 210 g/mol. The van der Waals surface area contributed by atoms with Gasteiger partial charge in [-0.3, -0.25) is 0 Å². The molecule has 0 bridgehead atoms. The first kappa shape index (κ1) is 11.2. The highest BCUT2D eigenvalue weighted by atomic mass is 19.1. The molecule has 2 N–H and O–H groups in total. The second-order valence-electron chi connectivity index (χ2n) is 3.17. The minimum Gasteiger partial charge on any atom is -0.478 e. The van der Waals surface area contributed by atoms with Crippen molar-refractivity contribution in [2.45, 2.75) is 6.92 Å². The number of hydrogen-bond acceptors (Lipinski definition) is 3. The third-order valence-corrected chi connectivity index (χ3v) is 1.64. The second kappa shape index (κ2) is 4.54. The molecule has 0 radical (unpaired) electrons. The number of nitrogens with zero attached hydrogens (tertiary/aromatic N) is 1. The Morgan fingerprint density at radius 2 is 2.40 bits per heavy atom. The van der Waals surface area contributed by atoms with E-state index in [2.05, 4.69) is 16.9 Å². The van der Waals surface area contributed by atoms with E-state index in [0.29, 0.717) is 6.54 Å². The van der Waals surface area contributed by atoms with Crippen molar-refractivity contribution in [1.82, 2.24) is 4.98 Å². The first-order valence-electron chi connectivity index (χ1n) is 4.28. The van der Waals surface area contributed by atoms with E-state index in [-0.39, 0.29) is 11.4 Å². The van der Waals surface area contributed by atoms with Gasteiger partial charge in [0.15, 0.2) is 0 Å². The summed E-state index contributed by atoms with van der Waals surface area (Å²) in [7, 11) is 0. The molecule has 0 saturated carbocycles. The highest BCUT2D eigenvalue weighted by Gasteiger charge is 2.12. The molecule has 0 aromatic carbocycles. The molecule has 0 aliphatic heterocycles. The number of nitrogens with one attached hydrogen (secondary N) is 1. The van der Waals surface area contributed by atoms with Crippen LogP contribution in [0.5, 0.6) is 0 Å². The molecular weight excluding hydrogens is 199 g/mol. The summed E-state index contributed by atoms with van der Waals surface area (Å²) >= 11 is 0. The third kappa shape index (κ3) is 3.05. The van der Waals surface area contributed by atoms with E-state index in [9.17, 15) is 9.18 Å². The summed E-state index contributed by atoms with van der Waals surface area (Å²) in [6.45, 7) is 5.84. The first-order chi connectivity index (χ1) is 7.00. The van der Waals surface area contributed by atoms with Gasteiger partial charge in [0.05, 0.1) is 6.20 Å². The van der Waals surface area contributed by atoms with E-state index in [1.165, 1.54) is 0 Å². The van der Waals surface area contributed by atoms with E-state index in [4.69, 9.17) is 5.11 Å². The molecule has 1 heterocycles. The van der Waals surface area contributed by atoms with Crippen molar-refractivity contribution in [2.75, 3.05) is 11.9 Å². The summed E-state index contributed by atoms with van der Waals surface area (Å²) in [5.41, 5.74) is 0.647. The van der Waals surface area contributed by atoms with E-state index in [1.54, 1.807) is 6.92 Å². The highest BCUT2D eigenvalue weighted by molar-refractivity contribution is 5.93. The van der Waals surface area contributed by atoms with Crippen molar-refractivity contribution in [2.24, 2.45) is 0 Å². The molecule has 0 unspecified atom stereocenters. The SMILES string of the molecule is C=C(C)CNc1ncc(F)cc1C(=O)O. The van der Waals surface area contributed by atoms with E-state index in [0.717, 1.165) is 17.8 Å². The van der Waals surface area contributed by atoms with Crippen LogP contribution in [0.1, 0.15) is 17.3 Å². The normalized spacial score (nSPS) is 9.73. The zero-order valence-corrected chi connectivity index (χ0v) is 8.25.